The molecular formula is C9H12KNO2S. The maximum Gasteiger partial charge on any atom is 1.00 e. The van der Waals surface area contributed by atoms with Crippen LogP contribution in [0.5, 0.6) is 0 Å². The largest absolute Gasteiger partial charge is 1.00 e. The summed E-state index contributed by atoms with van der Waals surface area (Å²) in [5, 5.41) is 6.82. The monoisotopic (exact) mass is 237 g/mol. The molecule has 0 aliphatic carbocycles. The van der Waals surface area contributed by atoms with Crippen LogP contribution in [0.15, 0.2) is 29.2 Å². The maximum atomic E-state index is 10.8. The summed E-state index contributed by atoms with van der Waals surface area (Å²) in [5.41, 5.74) is 1.08. The minimum Gasteiger partial charge on any atom is -0.560 e. The Balaban J connectivity index is 0.00000169. The molecular weight excluding hydrogens is 225 g/mol. The zero-order chi connectivity index (χ0) is 10.1. The third-order valence-electron chi connectivity index (χ3n) is 1.86. The van der Waals surface area contributed by atoms with E-state index in [9.17, 15) is 8.42 Å². The number of rotatable bonds is 2. The molecule has 1 N–H and O–H groups in total. The maximum absolute atomic E-state index is 10.8. The number of sulfonamides is 1. The predicted molar refractivity (Wildman–Crippen MR) is 52.0 cm³/mol. The summed E-state index contributed by atoms with van der Waals surface area (Å²) in [7, 11) is -3.80. The molecule has 0 aliphatic rings. The van der Waals surface area contributed by atoms with Crippen LogP contribution in [0.25, 0.3) is 5.14 Å². The topological polar surface area (TPSA) is 57.9 Å². The first kappa shape index (κ1) is 14.8. The van der Waals surface area contributed by atoms with E-state index in [0.717, 1.165) is 5.56 Å². The second-order valence-electron chi connectivity index (χ2n) is 3.23. The van der Waals surface area contributed by atoms with Crippen molar-refractivity contribution >= 4 is 10.0 Å². The summed E-state index contributed by atoms with van der Waals surface area (Å²) in [5.74, 6) is 0.377. The number of benzene rings is 1. The number of nitrogens with one attached hydrogen (secondary N) is 1. The molecule has 14 heavy (non-hydrogen) atoms. The van der Waals surface area contributed by atoms with Gasteiger partial charge in [0.05, 0.1) is 10.0 Å². The second-order valence-corrected chi connectivity index (χ2v) is 4.71. The van der Waals surface area contributed by atoms with Crippen LogP contribution in [0.1, 0.15) is 25.3 Å². The zero-order valence-corrected chi connectivity index (χ0v) is 12.6. The van der Waals surface area contributed by atoms with Crippen molar-refractivity contribution in [3.05, 3.63) is 35.0 Å². The van der Waals surface area contributed by atoms with Gasteiger partial charge in [-0.15, -0.1) is 0 Å². The minimum atomic E-state index is -3.80. The van der Waals surface area contributed by atoms with Gasteiger partial charge in [-0.3, -0.25) is 0 Å². The molecule has 0 unspecified atom stereocenters. The summed E-state index contributed by atoms with van der Waals surface area (Å²) in [6.07, 6.45) is 0. The van der Waals surface area contributed by atoms with E-state index in [1.807, 2.05) is 13.8 Å². The number of hydrogen-bond donors (Lipinski definition) is 0. The zero-order valence-electron chi connectivity index (χ0n) is 8.61. The molecule has 0 atom stereocenters. The van der Waals surface area contributed by atoms with Crippen molar-refractivity contribution in [3.8, 4) is 0 Å². The molecule has 0 aromatic heterocycles. The van der Waals surface area contributed by atoms with Gasteiger partial charge >= 0.3 is 51.4 Å². The Morgan fingerprint density at radius 1 is 1.14 bits per heavy atom. The van der Waals surface area contributed by atoms with Crippen molar-refractivity contribution in [1.82, 2.24) is 0 Å². The Labute approximate surface area is 128 Å². The van der Waals surface area contributed by atoms with Crippen molar-refractivity contribution in [2.45, 2.75) is 24.7 Å². The van der Waals surface area contributed by atoms with E-state index in [1.54, 1.807) is 12.1 Å². The minimum absolute atomic E-state index is 0. The van der Waals surface area contributed by atoms with Gasteiger partial charge in [-0.1, -0.05) is 26.0 Å². The molecule has 72 valence electrons. The first-order chi connectivity index (χ1) is 5.91. The van der Waals surface area contributed by atoms with Crippen molar-refractivity contribution in [3.63, 3.8) is 0 Å². The van der Waals surface area contributed by atoms with Gasteiger partial charge in [0.2, 0.25) is 0 Å². The molecule has 0 spiro atoms. The van der Waals surface area contributed by atoms with E-state index in [-0.39, 0.29) is 56.3 Å². The summed E-state index contributed by atoms with van der Waals surface area (Å²) >= 11 is 0. The van der Waals surface area contributed by atoms with Gasteiger partial charge in [0.15, 0.2) is 0 Å². The van der Waals surface area contributed by atoms with Crippen LogP contribution in [0.3, 0.4) is 0 Å². The summed E-state index contributed by atoms with van der Waals surface area (Å²) in [4.78, 5) is 0.0527. The molecule has 0 fully saturated rings. The van der Waals surface area contributed by atoms with Crippen molar-refractivity contribution in [2.24, 2.45) is 0 Å². The van der Waals surface area contributed by atoms with Crippen LogP contribution < -0.4 is 51.4 Å². The summed E-state index contributed by atoms with van der Waals surface area (Å²) in [6.45, 7) is 4.06. The van der Waals surface area contributed by atoms with Gasteiger partial charge in [-0.2, -0.15) is 0 Å². The van der Waals surface area contributed by atoms with Crippen LogP contribution in [0.4, 0.5) is 0 Å². The average molecular weight is 237 g/mol. The molecule has 0 bridgehead atoms. The third-order valence-corrected chi connectivity index (χ3v) is 2.75. The molecule has 1 rings (SSSR count). The van der Waals surface area contributed by atoms with Gasteiger partial charge < -0.3 is 5.14 Å². The first-order valence-electron chi connectivity index (χ1n) is 4.01. The van der Waals surface area contributed by atoms with Gasteiger partial charge in [-0.25, -0.2) is 8.42 Å². The van der Waals surface area contributed by atoms with Crippen molar-refractivity contribution in [2.75, 3.05) is 0 Å². The third kappa shape index (κ3) is 4.10. The van der Waals surface area contributed by atoms with Gasteiger partial charge in [0.25, 0.3) is 0 Å². The molecule has 0 heterocycles. The van der Waals surface area contributed by atoms with Crippen molar-refractivity contribution in [1.29, 1.82) is 0 Å². The van der Waals surface area contributed by atoms with E-state index < -0.39 is 10.0 Å². The molecule has 0 saturated carbocycles. The van der Waals surface area contributed by atoms with Crippen LogP contribution in [0.2, 0.25) is 0 Å². The summed E-state index contributed by atoms with van der Waals surface area (Å²) in [6, 6.07) is 6.42. The van der Waals surface area contributed by atoms with Crippen LogP contribution in [-0.4, -0.2) is 8.42 Å². The standard InChI is InChI=1S/C9H12NO2S.K/c1-7(2)8-3-5-9(6-4-8)13(10,11)12;/h3-7H,1-2H3,(H-,10,11,12);/q-1;+1. The Hall–Kier alpha value is 0.766. The smallest absolute Gasteiger partial charge is 0.560 e. The molecule has 1 aromatic rings. The second kappa shape index (κ2) is 5.74. The van der Waals surface area contributed by atoms with Gasteiger partial charge in [0, 0.05) is 4.90 Å². The molecule has 3 nitrogen and oxygen atoms in total. The van der Waals surface area contributed by atoms with Crippen molar-refractivity contribution < 1.29 is 59.8 Å². The normalized spacial score (nSPS) is 11.1. The van der Waals surface area contributed by atoms with Gasteiger partial charge in [0.1, 0.15) is 0 Å². The molecule has 0 aliphatic heterocycles. The quantitative estimate of drug-likeness (QED) is 0.655. The van der Waals surface area contributed by atoms with E-state index in [0.29, 0.717) is 5.92 Å². The van der Waals surface area contributed by atoms with Crippen LogP contribution >= 0.6 is 0 Å². The van der Waals surface area contributed by atoms with Crippen LogP contribution in [-0.2, 0) is 10.0 Å². The van der Waals surface area contributed by atoms with E-state index in [2.05, 4.69) is 0 Å². The molecule has 5 heteroatoms. The Kier molecular flexibility index (Phi) is 6.06. The SMILES string of the molecule is CC(C)c1ccc(S([NH-])(=O)=O)cc1.[K+]. The summed E-state index contributed by atoms with van der Waals surface area (Å²) < 4.78 is 21.6. The van der Waals surface area contributed by atoms with Crippen LogP contribution in [0, 0.1) is 0 Å². The number of hydrogen-bond acceptors (Lipinski definition) is 2. The Morgan fingerprint density at radius 2 is 1.57 bits per heavy atom. The predicted octanol–water partition coefficient (Wildman–Crippen LogP) is -0.445. The fraction of sp³-hybridized carbons (Fsp3) is 0.333. The Morgan fingerprint density at radius 3 is 1.86 bits per heavy atom. The van der Waals surface area contributed by atoms with E-state index in [4.69, 9.17) is 5.14 Å². The Bertz CT molecular complexity index is 384. The molecule has 1 aromatic carbocycles. The fourth-order valence-corrected chi connectivity index (χ4v) is 1.53. The fourth-order valence-electron chi connectivity index (χ4n) is 1.03. The molecule has 0 radical (unpaired) electrons. The molecule has 0 amide bonds. The van der Waals surface area contributed by atoms with E-state index >= 15 is 0 Å². The van der Waals surface area contributed by atoms with E-state index in [1.165, 1.54) is 12.1 Å². The first-order valence-corrected chi connectivity index (χ1v) is 5.49. The average Bonchev–Trinajstić information content (AvgIpc) is 2.03. The molecule has 0 saturated heterocycles. The van der Waals surface area contributed by atoms with Gasteiger partial charge in [-0.05, 0) is 23.6 Å².